The standard InChI is InChI=1S/C18H23F3N2O3/c1-16(2)13-9-10-11(5-6-12(24)14(10)22-26-4)17(16,3)7-8-23(13)15(25)18(19,20)21/h5-6,13,22,24H,7-9H2,1-4H3/p+1/t13-,17+/m1/s1. The van der Waals surface area contributed by atoms with Crippen molar-refractivity contribution in [2.75, 3.05) is 13.7 Å². The van der Waals surface area contributed by atoms with Gasteiger partial charge in [-0.1, -0.05) is 26.8 Å². The second-order valence-corrected chi connectivity index (χ2v) is 7.90. The van der Waals surface area contributed by atoms with Gasteiger partial charge in [-0.05, 0) is 29.9 Å². The molecule has 1 aromatic rings. The van der Waals surface area contributed by atoms with E-state index < -0.39 is 29.0 Å². The average molecular weight is 373 g/mol. The molecule has 2 aliphatic rings. The van der Waals surface area contributed by atoms with Crippen molar-refractivity contribution >= 4 is 11.6 Å². The molecule has 1 amide bonds. The highest BCUT2D eigenvalue weighted by molar-refractivity contribution is 5.82. The van der Waals surface area contributed by atoms with Crippen LogP contribution < -0.4 is 5.48 Å². The largest absolute Gasteiger partial charge is 0.503 e. The Morgan fingerprint density at radius 3 is 2.58 bits per heavy atom. The number of piperidine rings is 1. The minimum absolute atomic E-state index is 0.0145. The van der Waals surface area contributed by atoms with Gasteiger partial charge in [0, 0.05) is 23.6 Å². The van der Waals surface area contributed by atoms with Crippen LogP contribution >= 0.6 is 0 Å². The molecule has 1 aromatic carbocycles. The molecule has 0 saturated carbocycles. The molecular weight excluding hydrogens is 349 g/mol. The number of fused-ring (bicyclic) bond motifs is 4. The van der Waals surface area contributed by atoms with Crippen LogP contribution in [0.5, 0.6) is 5.75 Å². The number of likely N-dealkylation sites (tertiary alicyclic amines) is 1. The van der Waals surface area contributed by atoms with Crippen molar-refractivity contribution in [1.29, 1.82) is 0 Å². The highest BCUT2D eigenvalue weighted by atomic mass is 19.4. The van der Waals surface area contributed by atoms with Crippen LogP contribution in [0.15, 0.2) is 12.1 Å². The van der Waals surface area contributed by atoms with Gasteiger partial charge in [0.05, 0.1) is 7.11 Å². The SMILES string of the molecule is CO[NH2+]c1c(O)ccc2c1C[C@H]1N(C(=O)C(F)(F)F)CC[C@]2(C)C1(C)C. The molecule has 2 bridgehead atoms. The lowest BCUT2D eigenvalue weighted by Gasteiger charge is -2.60. The van der Waals surface area contributed by atoms with E-state index in [1.807, 2.05) is 26.8 Å². The van der Waals surface area contributed by atoms with E-state index in [1.165, 1.54) is 12.6 Å². The summed E-state index contributed by atoms with van der Waals surface area (Å²) in [5.41, 5.74) is 2.65. The van der Waals surface area contributed by atoms with Crippen molar-refractivity contribution in [3.63, 3.8) is 0 Å². The lowest BCUT2D eigenvalue weighted by molar-refractivity contribution is -0.830. The number of alkyl halides is 3. The van der Waals surface area contributed by atoms with Crippen molar-refractivity contribution in [3.05, 3.63) is 23.3 Å². The van der Waals surface area contributed by atoms with Gasteiger partial charge in [-0.15, -0.1) is 0 Å². The predicted molar refractivity (Wildman–Crippen MR) is 87.7 cm³/mol. The van der Waals surface area contributed by atoms with Gasteiger partial charge in [0.2, 0.25) is 5.69 Å². The summed E-state index contributed by atoms with van der Waals surface area (Å²) >= 11 is 0. The van der Waals surface area contributed by atoms with E-state index in [0.717, 1.165) is 16.0 Å². The molecule has 1 fully saturated rings. The summed E-state index contributed by atoms with van der Waals surface area (Å²) in [7, 11) is 1.45. The molecule has 0 aromatic heterocycles. The van der Waals surface area contributed by atoms with Crippen LogP contribution in [0, 0.1) is 5.41 Å². The van der Waals surface area contributed by atoms with Crippen LogP contribution in [-0.4, -0.2) is 41.8 Å². The average Bonchev–Trinajstić information content (AvgIpc) is 2.52. The Hall–Kier alpha value is -1.80. The zero-order chi connectivity index (χ0) is 19.5. The third-order valence-corrected chi connectivity index (χ3v) is 6.55. The van der Waals surface area contributed by atoms with E-state index in [4.69, 9.17) is 4.84 Å². The number of amides is 1. The van der Waals surface area contributed by atoms with Crippen LogP contribution in [-0.2, 0) is 21.5 Å². The lowest BCUT2D eigenvalue weighted by Crippen LogP contribution is -2.77. The molecular formula is C18H24F3N2O3+. The first-order valence-corrected chi connectivity index (χ1v) is 8.54. The highest BCUT2D eigenvalue weighted by Crippen LogP contribution is 2.57. The molecule has 8 heteroatoms. The first kappa shape index (κ1) is 19.0. The topological polar surface area (TPSA) is 66.4 Å². The maximum absolute atomic E-state index is 13.1. The quantitative estimate of drug-likeness (QED) is 0.474. The molecule has 1 saturated heterocycles. The minimum Gasteiger partial charge on any atom is -0.503 e. The second kappa shape index (κ2) is 5.85. The molecule has 0 spiro atoms. The minimum atomic E-state index is -4.90. The Morgan fingerprint density at radius 1 is 1.35 bits per heavy atom. The number of carbonyl (C=O) groups excluding carboxylic acids is 1. The number of phenols is 1. The molecule has 3 rings (SSSR count). The number of hydrogen-bond acceptors (Lipinski definition) is 3. The Morgan fingerprint density at radius 2 is 2.00 bits per heavy atom. The Bertz CT molecular complexity index is 748. The molecule has 1 heterocycles. The summed E-state index contributed by atoms with van der Waals surface area (Å²) in [6.07, 6.45) is -4.24. The van der Waals surface area contributed by atoms with Gasteiger partial charge in [-0.25, -0.2) is 4.84 Å². The summed E-state index contributed by atoms with van der Waals surface area (Å²) < 4.78 is 39.3. The Kier molecular flexibility index (Phi) is 4.27. The van der Waals surface area contributed by atoms with Gasteiger partial charge in [-0.3, -0.25) is 4.79 Å². The molecule has 1 aliphatic carbocycles. The van der Waals surface area contributed by atoms with E-state index >= 15 is 0 Å². The fourth-order valence-electron chi connectivity index (χ4n) is 4.66. The summed E-state index contributed by atoms with van der Waals surface area (Å²) in [6.45, 7) is 5.93. The van der Waals surface area contributed by atoms with Crippen molar-refractivity contribution in [2.45, 2.75) is 51.2 Å². The lowest BCUT2D eigenvalue weighted by atomic mass is 9.51. The van der Waals surface area contributed by atoms with Crippen molar-refractivity contribution in [2.24, 2.45) is 5.41 Å². The molecule has 0 unspecified atom stereocenters. The third kappa shape index (κ3) is 2.50. The van der Waals surface area contributed by atoms with E-state index in [-0.39, 0.29) is 18.7 Å². The molecule has 2 atom stereocenters. The number of rotatable bonds is 2. The van der Waals surface area contributed by atoms with Crippen LogP contribution in [0.4, 0.5) is 18.9 Å². The first-order valence-electron chi connectivity index (χ1n) is 8.54. The maximum Gasteiger partial charge on any atom is 0.471 e. The molecule has 26 heavy (non-hydrogen) atoms. The Balaban J connectivity index is 2.16. The number of nitrogens with two attached hydrogens (primary N) is 1. The Labute approximate surface area is 150 Å². The number of halogens is 3. The number of benzene rings is 1. The molecule has 1 aliphatic heterocycles. The van der Waals surface area contributed by atoms with Crippen molar-refractivity contribution < 1.29 is 33.4 Å². The third-order valence-electron chi connectivity index (χ3n) is 6.55. The van der Waals surface area contributed by atoms with Crippen molar-refractivity contribution in [1.82, 2.24) is 4.90 Å². The van der Waals surface area contributed by atoms with Gasteiger partial charge in [0.1, 0.15) is 0 Å². The summed E-state index contributed by atoms with van der Waals surface area (Å²) in [4.78, 5) is 18.0. The number of quaternary nitrogens is 1. The first-order chi connectivity index (χ1) is 11.9. The molecule has 144 valence electrons. The summed E-state index contributed by atoms with van der Waals surface area (Å²) in [6, 6.07) is 2.82. The number of nitrogens with zero attached hydrogens (tertiary/aromatic N) is 1. The van der Waals surface area contributed by atoms with Crippen LogP contribution in [0.25, 0.3) is 0 Å². The fraction of sp³-hybridized carbons (Fsp3) is 0.611. The fourth-order valence-corrected chi connectivity index (χ4v) is 4.66. The zero-order valence-electron chi connectivity index (χ0n) is 15.3. The van der Waals surface area contributed by atoms with E-state index in [2.05, 4.69) is 0 Å². The zero-order valence-corrected chi connectivity index (χ0v) is 15.3. The van der Waals surface area contributed by atoms with Gasteiger partial charge in [0.15, 0.2) is 5.75 Å². The summed E-state index contributed by atoms with van der Waals surface area (Å²) in [5, 5.41) is 10.2. The van der Waals surface area contributed by atoms with Crippen LogP contribution in [0.3, 0.4) is 0 Å². The molecule has 3 N–H and O–H groups in total. The predicted octanol–water partition coefficient (Wildman–Crippen LogP) is 2.15. The van der Waals surface area contributed by atoms with Gasteiger partial charge < -0.3 is 10.0 Å². The number of phenolic OH excluding ortho intramolecular Hbond substituents is 1. The van der Waals surface area contributed by atoms with Crippen molar-refractivity contribution in [3.8, 4) is 5.75 Å². The maximum atomic E-state index is 13.1. The van der Waals surface area contributed by atoms with E-state index in [1.54, 1.807) is 6.07 Å². The van der Waals surface area contributed by atoms with E-state index in [0.29, 0.717) is 12.1 Å². The highest BCUT2D eigenvalue weighted by Gasteiger charge is 2.60. The smallest absolute Gasteiger partial charge is 0.471 e. The van der Waals surface area contributed by atoms with Gasteiger partial charge in [-0.2, -0.15) is 18.7 Å². The van der Waals surface area contributed by atoms with E-state index in [9.17, 15) is 23.1 Å². The number of aromatic hydroxyl groups is 1. The van der Waals surface area contributed by atoms with Crippen LogP contribution in [0.1, 0.15) is 38.3 Å². The second-order valence-electron chi connectivity index (χ2n) is 7.90. The van der Waals surface area contributed by atoms with Crippen LogP contribution in [0.2, 0.25) is 0 Å². The summed E-state index contributed by atoms with van der Waals surface area (Å²) in [5.74, 6) is -1.78. The monoisotopic (exact) mass is 373 g/mol. The normalized spacial score (nSPS) is 27.2. The molecule has 0 radical (unpaired) electrons. The number of hydrogen-bond donors (Lipinski definition) is 2. The number of carbonyl (C=O) groups is 1. The molecule has 5 nitrogen and oxygen atoms in total. The van der Waals surface area contributed by atoms with Gasteiger partial charge in [0.25, 0.3) is 0 Å². The van der Waals surface area contributed by atoms with Gasteiger partial charge >= 0.3 is 12.1 Å².